The average molecular weight is 277 g/mol. The molecule has 0 saturated carbocycles. The summed E-state index contributed by atoms with van der Waals surface area (Å²) in [6, 6.07) is 3.35. The standard InChI is InChI=1S/C15H23N3O2/c1-5-16-18(13-4-8-19-9-13)15(1)12-2-6-17(7-3-12)14-10-20-11-14/h1,5,12-14H,2-4,6-11H2. The van der Waals surface area contributed by atoms with Crippen molar-refractivity contribution in [2.45, 2.75) is 37.3 Å². The Bertz CT molecular complexity index is 444. The van der Waals surface area contributed by atoms with Crippen LogP contribution >= 0.6 is 0 Å². The number of aromatic nitrogens is 2. The molecule has 20 heavy (non-hydrogen) atoms. The summed E-state index contributed by atoms with van der Waals surface area (Å²) in [4.78, 5) is 2.60. The second kappa shape index (κ2) is 5.47. The molecule has 1 aromatic rings. The zero-order valence-corrected chi connectivity index (χ0v) is 11.9. The first-order valence-electron chi connectivity index (χ1n) is 7.85. The van der Waals surface area contributed by atoms with Gasteiger partial charge in [0.25, 0.3) is 0 Å². The molecular formula is C15H23N3O2. The summed E-state index contributed by atoms with van der Waals surface area (Å²) in [6.45, 7) is 5.97. The number of likely N-dealkylation sites (tertiary alicyclic amines) is 1. The first-order chi connectivity index (χ1) is 9.92. The molecule has 3 aliphatic rings. The maximum atomic E-state index is 5.51. The SMILES string of the molecule is c1cc(C2CCN(C3COC3)CC2)n(C2CCOC2)n1. The quantitative estimate of drug-likeness (QED) is 0.838. The van der Waals surface area contributed by atoms with Gasteiger partial charge in [-0.3, -0.25) is 9.58 Å². The Hall–Kier alpha value is -0.910. The zero-order valence-electron chi connectivity index (χ0n) is 11.9. The maximum absolute atomic E-state index is 5.51. The van der Waals surface area contributed by atoms with Crippen LogP contribution in [0.15, 0.2) is 12.3 Å². The minimum Gasteiger partial charge on any atom is -0.379 e. The van der Waals surface area contributed by atoms with E-state index in [2.05, 4.69) is 20.7 Å². The molecule has 0 amide bonds. The smallest absolute Gasteiger partial charge is 0.0777 e. The van der Waals surface area contributed by atoms with Crippen LogP contribution in [0, 0.1) is 0 Å². The first kappa shape index (κ1) is 12.8. The van der Waals surface area contributed by atoms with E-state index in [1.54, 1.807) is 0 Å². The fraction of sp³-hybridized carbons (Fsp3) is 0.800. The Balaban J connectivity index is 1.42. The van der Waals surface area contributed by atoms with Crippen molar-refractivity contribution in [3.8, 4) is 0 Å². The van der Waals surface area contributed by atoms with Crippen molar-refractivity contribution < 1.29 is 9.47 Å². The van der Waals surface area contributed by atoms with E-state index in [9.17, 15) is 0 Å². The predicted molar refractivity (Wildman–Crippen MR) is 74.9 cm³/mol. The highest BCUT2D eigenvalue weighted by Gasteiger charge is 2.32. The second-order valence-electron chi connectivity index (χ2n) is 6.22. The Morgan fingerprint density at radius 3 is 2.45 bits per heavy atom. The van der Waals surface area contributed by atoms with Gasteiger partial charge < -0.3 is 9.47 Å². The largest absolute Gasteiger partial charge is 0.379 e. The minimum atomic E-state index is 0.457. The third-order valence-corrected chi connectivity index (χ3v) is 5.04. The number of nitrogens with zero attached hydrogens (tertiary/aromatic N) is 3. The third kappa shape index (κ3) is 2.28. The Morgan fingerprint density at radius 1 is 1.00 bits per heavy atom. The van der Waals surface area contributed by atoms with Gasteiger partial charge in [0.2, 0.25) is 0 Å². The number of hydrogen-bond donors (Lipinski definition) is 0. The van der Waals surface area contributed by atoms with Gasteiger partial charge in [-0.2, -0.15) is 5.10 Å². The summed E-state index contributed by atoms with van der Waals surface area (Å²) >= 11 is 0. The lowest BCUT2D eigenvalue weighted by molar-refractivity contribution is -0.0714. The van der Waals surface area contributed by atoms with Gasteiger partial charge in [-0.15, -0.1) is 0 Å². The van der Waals surface area contributed by atoms with E-state index in [-0.39, 0.29) is 0 Å². The van der Waals surface area contributed by atoms with E-state index in [4.69, 9.17) is 9.47 Å². The van der Waals surface area contributed by atoms with Crippen molar-refractivity contribution in [3.63, 3.8) is 0 Å². The van der Waals surface area contributed by atoms with Crippen LogP contribution < -0.4 is 0 Å². The summed E-state index contributed by atoms with van der Waals surface area (Å²) in [5.41, 5.74) is 1.42. The van der Waals surface area contributed by atoms with E-state index in [1.807, 2.05) is 6.20 Å². The fourth-order valence-electron chi connectivity index (χ4n) is 3.66. The number of hydrogen-bond acceptors (Lipinski definition) is 4. The van der Waals surface area contributed by atoms with E-state index in [0.29, 0.717) is 18.0 Å². The molecule has 0 N–H and O–H groups in total. The minimum absolute atomic E-state index is 0.457. The van der Waals surface area contributed by atoms with Gasteiger partial charge in [0, 0.05) is 24.4 Å². The van der Waals surface area contributed by atoms with E-state index >= 15 is 0 Å². The van der Waals surface area contributed by atoms with Crippen LogP contribution in [-0.4, -0.2) is 60.2 Å². The maximum Gasteiger partial charge on any atom is 0.0777 e. The molecule has 5 nitrogen and oxygen atoms in total. The molecule has 110 valence electrons. The van der Waals surface area contributed by atoms with Gasteiger partial charge in [0.1, 0.15) is 0 Å². The summed E-state index contributed by atoms with van der Waals surface area (Å²) < 4.78 is 13.1. The van der Waals surface area contributed by atoms with Crippen molar-refractivity contribution in [2.24, 2.45) is 0 Å². The molecule has 1 unspecified atom stereocenters. The van der Waals surface area contributed by atoms with Gasteiger partial charge in [0.05, 0.1) is 31.9 Å². The molecule has 4 rings (SSSR count). The Labute approximate surface area is 119 Å². The summed E-state index contributed by atoms with van der Waals surface area (Å²) in [7, 11) is 0. The average Bonchev–Trinajstić information content (AvgIpc) is 3.08. The van der Waals surface area contributed by atoms with E-state index in [1.165, 1.54) is 31.6 Å². The molecule has 0 aromatic carbocycles. The van der Waals surface area contributed by atoms with E-state index in [0.717, 1.165) is 32.8 Å². The van der Waals surface area contributed by atoms with Gasteiger partial charge in [-0.1, -0.05) is 0 Å². The van der Waals surface area contributed by atoms with Crippen LogP contribution in [0.5, 0.6) is 0 Å². The molecule has 0 spiro atoms. The van der Waals surface area contributed by atoms with Crippen molar-refractivity contribution in [1.29, 1.82) is 0 Å². The fourth-order valence-corrected chi connectivity index (χ4v) is 3.66. The van der Waals surface area contributed by atoms with Crippen LogP contribution in [0.2, 0.25) is 0 Å². The zero-order chi connectivity index (χ0) is 13.4. The van der Waals surface area contributed by atoms with Gasteiger partial charge in [-0.05, 0) is 38.4 Å². The summed E-state index contributed by atoms with van der Waals surface area (Å²) in [5.74, 6) is 0.662. The van der Waals surface area contributed by atoms with Crippen molar-refractivity contribution in [1.82, 2.24) is 14.7 Å². The lowest BCUT2D eigenvalue weighted by Gasteiger charge is -2.41. The molecule has 0 radical (unpaired) electrons. The highest BCUT2D eigenvalue weighted by molar-refractivity contribution is 5.11. The molecule has 5 heteroatoms. The molecule has 3 fully saturated rings. The summed E-state index contributed by atoms with van der Waals surface area (Å²) in [6.07, 6.45) is 5.55. The van der Waals surface area contributed by atoms with Crippen LogP contribution in [0.25, 0.3) is 0 Å². The monoisotopic (exact) mass is 277 g/mol. The molecule has 1 atom stereocenters. The molecule has 0 bridgehead atoms. The molecular weight excluding hydrogens is 254 g/mol. The third-order valence-electron chi connectivity index (χ3n) is 5.04. The molecule has 1 aromatic heterocycles. The highest BCUT2D eigenvalue weighted by Crippen LogP contribution is 2.32. The predicted octanol–water partition coefficient (Wildman–Crippen LogP) is 1.42. The Kier molecular flexibility index (Phi) is 3.50. The lowest BCUT2D eigenvalue weighted by atomic mass is 9.92. The first-order valence-corrected chi connectivity index (χ1v) is 7.85. The van der Waals surface area contributed by atoms with Crippen molar-refractivity contribution in [2.75, 3.05) is 39.5 Å². The highest BCUT2D eigenvalue weighted by atomic mass is 16.5. The number of ether oxygens (including phenoxy) is 2. The van der Waals surface area contributed by atoms with Crippen LogP contribution in [0.1, 0.15) is 36.9 Å². The van der Waals surface area contributed by atoms with Gasteiger partial charge in [-0.25, -0.2) is 0 Å². The number of piperidine rings is 1. The summed E-state index contributed by atoms with van der Waals surface area (Å²) in [5, 5.41) is 4.56. The van der Waals surface area contributed by atoms with Crippen LogP contribution in [-0.2, 0) is 9.47 Å². The van der Waals surface area contributed by atoms with E-state index < -0.39 is 0 Å². The van der Waals surface area contributed by atoms with Crippen LogP contribution in [0.4, 0.5) is 0 Å². The second-order valence-corrected chi connectivity index (χ2v) is 6.22. The molecule has 3 aliphatic heterocycles. The topological polar surface area (TPSA) is 39.5 Å². The van der Waals surface area contributed by atoms with Gasteiger partial charge >= 0.3 is 0 Å². The number of rotatable bonds is 3. The van der Waals surface area contributed by atoms with Crippen molar-refractivity contribution >= 4 is 0 Å². The molecule has 0 aliphatic carbocycles. The van der Waals surface area contributed by atoms with Crippen LogP contribution in [0.3, 0.4) is 0 Å². The lowest BCUT2D eigenvalue weighted by Crippen LogP contribution is -2.51. The Morgan fingerprint density at radius 2 is 1.80 bits per heavy atom. The molecule has 4 heterocycles. The van der Waals surface area contributed by atoms with Gasteiger partial charge in [0.15, 0.2) is 0 Å². The molecule has 3 saturated heterocycles. The van der Waals surface area contributed by atoms with Crippen molar-refractivity contribution in [3.05, 3.63) is 18.0 Å². The normalized spacial score (nSPS) is 29.7.